The van der Waals surface area contributed by atoms with Crippen molar-refractivity contribution in [2.24, 2.45) is 5.92 Å². The second-order valence-electron chi connectivity index (χ2n) is 8.42. The Morgan fingerprint density at radius 1 is 1.07 bits per heavy atom. The number of hydrogen-bond donors (Lipinski definition) is 2. The molecule has 29 heavy (non-hydrogen) atoms. The summed E-state index contributed by atoms with van der Waals surface area (Å²) < 4.78 is 0. The van der Waals surface area contributed by atoms with Crippen molar-refractivity contribution in [3.05, 3.63) is 48.0 Å². The summed E-state index contributed by atoms with van der Waals surface area (Å²) in [5, 5.41) is 8.78. The zero-order chi connectivity index (χ0) is 20.1. The molecule has 2 atom stereocenters. The van der Waals surface area contributed by atoms with Crippen LogP contribution in [0.3, 0.4) is 0 Å². The van der Waals surface area contributed by atoms with E-state index in [1.807, 2.05) is 17.0 Å². The molecule has 2 N–H and O–H groups in total. The first kappa shape index (κ1) is 19.9. The quantitative estimate of drug-likeness (QED) is 0.793. The molecular weight excluding hydrogens is 362 g/mol. The third-order valence-corrected chi connectivity index (χ3v) is 6.25. The third kappa shape index (κ3) is 5.15. The lowest BCUT2D eigenvalue weighted by molar-refractivity contribution is -0.132. The Balaban J connectivity index is 1.25. The molecule has 2 aliphatic heterocycles. The van der Waals surface area contributed by atoms with E-state index in [1.165, 1.54) is 16.3 Å². The van der Waals surface area contributed by atoms with Crippen LogP contribution in [0.4, 0.5) is 0 Å². The van der Waals surface area contributed by atoms with E-state index in [9.17, 15) is 9.59 Å². The third-order valence-electron chi connectivity index (χ3n) is 6.25. The molecular formula is C24H31N3O2. The van der Waals surface area contributed by atoms with Crippen LogP contribution >= 0.6 is 0 Å². The van der Waals surface area contributed by atoms with Gasteiger partial charge in [-0.15, -0.1) is 0 Å². The molecule has 2 aromatic rings. The molecule has 2 aromatic carbocycles. The maximum Gasteiger partial charge on any atom is 0.237 e. The number of rotatable bonds is 6. The number of benzene rings is 2. The zero-order valence-corrected chi connectivity index (χ0v) is 17.0. The number of nitrogens with zero attached hydrogens (tertiary/aromatic N) is 1. The van der Waals surface area contributed by atoms with E-state index in [0.717, 1.165) is 51.7 Å². The minimum atomic E-state index is -0.0294. The fraction of sp³-hybridized carbons (Fsp3) is 0.500. The van der Waals surface area contributed by atoms with Crippen LogP contribution in [0.2, 0.25) is 0 Å². The smallest absolute Gasteiger partial charge is 0.237 e. The van der Waals surface area contributed by atoms with Gasteiger partial charge in [0.25, 0.3) is 0 Å². The first-order valence-electron chi connectivity index (χ1n) is 11.0. The van der Waals surface area contributed by atoms with E-state index in [-0.39, 0.29) is 17.9 Å². The van der Waals surface area contributed by atoms with Crippen LogP contribution in [0.25, 0.3) is 10.8 Å². The minimum Gasteiger partial charge on any atom is -0.354 e. The van der Waals surface area contributed by atoms with Crippen LogP contribution < -0.4 is 10.6 Å². The summed E-state index contributed by atoms with van der Waals surface area (Å²) in [7, 11) is 0. The van der Waals surface area contributed by atoms with E-state index in [2.05, 4.69) is 41.0 Å². The molecule has 0 saturated carbocycles. The lowest BCUT2D eigenvalue weighted by atomic mass is 9.97. The first-order valence-corrected chi connectivity index (χ1v) is 11.0. The van der Waals surface area contributed by atoms with Crippen molar-refractivity contribution >= 4 is 22.6 Å². The van der Waals surface area contributed by atoms with Crippen LogP contribution in [0, 0.1) is 5.92 Å². The van der Waals surface area contributed by atoms with Crippen LogP contribution in [-0.4, -0.2) is 48.9 Å². The van der Waals surface area contributed by atoms with E-state index in [4.69, 9.17) is 0 Å². The van der Waals surface area contributed by atoms with Gasteiger partial charge in [0.1, 0.15) is 0 Å². The molecule has 2 unspecified atom stereocenters. The predicted molar refractivity (Wildman–Crippen MR) is 116 cm³/mol. The predicted octanol–water partition coefficient (Wildman–Crippen LogP) is 2.88. The van der Waals surface area contributed by atoms with Gasteiger partial charge >= 0.3 is 0 Å². The highest BCUT2D eigenvalue weighted by molar-refractivity contribution is 5.83. The Labute approximate surface area is 172 Å². The number of amides is 2. The van der Waals surface area contributed by atoms with Crippen LogP contribution in [0.15, 0.2) is 42.5 Å². The molecule has 0 radical (unpaired) electrons. The topological polar surface area (TPSA) is 61.4 Å². The van der Waals surface area contributed by atoms with Crippen molar-refractivity contribution in [2.75, 3.05) is 26.2 Å². The highest BCUT2D eigenvalue weighted by atomic mass is 16.2. The van der Waals surface area contributed by atoms with Crippen molar-refractivity contribution in [3.8, 4) is 0 Å². The van der Waals surface area contributed by atoms with Gasteiger partial charge < -0.3 is 15.5 Å². The molecule has 2 amide bonds. The lowest BCUT2D eigenvalue weighted by Crippen LogP contribution is -2.46. The summed E-state index contributed by atoms with van der Waals surface area (Å²) in [5.74, 6) is 0.702. The molecule has 2 fully saturated rings. The van der Waals surface area contributed by atoms with Gasteiger partial charge in [-0.25, -0.2) is 0 Å². The number of fused-ring (bicyclic) bond motifs is 1. The first-order chi connectivity index (χ1) is 14.2. The molecule has 2 saturated heterocycles. The number of piperidine rings is 1. The Morgan fingerprint density at radius 3 is 2.76 bits per heavy atom. The van der Waals surface area contributed by atoms with Gasteiger partial charge in [-0.1, -0.05) is 42.5 Å². The molecule has 2 aliphatic rings. The van der Waals surface area contributed by atoms with Gasteiger partial charge in [-0.3, -0.25) is 9.59 Å². The summed E-state index contributed by atoms with van der Waals surface area (Å²) in [6.07, 6.45) is 5.41. The van der Waals surface area contributed by atoms with Gasteiger partial charge in [-0.2, -0.15) is 0 Å². The van der Waals surface area contributed by atoms with Crippen molar-refractivity contribution in [3.63, 3.8) is 0 Å². The zero-order valence-electron chi connectivity index (χ0n) is 17.0. The Kier molecular flexibility index (Phi) is 6.45. The van der Waals surface area contributed by atoms with Crippen molar-refractivity contribution in [1.82, 2.24) is 15.5 Å². The SMILES string of the molecule is O=C(NCC1CCCN(C(=O)CCc2ccc3ccccc3c2)C1)C1CCCN1. The molecule has 2 heterocycles. The monoisotopic (exact) mass is 393 g/mol. The number of carbonyl (C=O) groups is 2. The average Bonchev–Trinajstić information content (AvgIpc) is 3.31. The molecule has 0 aliphatic carbocycles. The fourth-order valence-corrected chi connectivity index (χ4v) is 4.54. The van der Waals surface area contributed by atoms with Gasteiger partial charge in [0.05, 0.1) is 6.04 Å². The molecule has 0 bridgehead atoms. The minimum absolute atomic E-state index is 0.0294. The Hall–Kier alpha value is -2.40. The van der Waals surface area contributed by atoms with Gasteiger partial charge in [0.15, 0.2) is 0 Å². The van der Waals surface area contributed by atoms with E-state index in [0.29, 0.717) is 18.9 Å². The van der Waals surface area contributed by atoms with Crippen molar-refractivity contribution in [1.29, 1.82) is 0 Å². The second-order valence-corrected chi connectivity index (χ2v) is 8.42. The fourth-order valence-electron chi connectivity index (χ4n) is 4.54. The van der Waals surface area contributed by atoms with Gasteiger partial charge in [0, 0.05) is 26.1 Å². The summed E-state index contributed by atoms with van der Waals surface area (Å²) in [6.45, 7) is 3.20. The normalized spacial score (nSPS) is 22.0. The highest BCUT2D eigenvalue weighted by Crippen LogP contribution is 2.19. The molecule has 5 nitrogen and oxygen atoms in total. The highest BCUT2D eigenvalue weighted by Gasteiger charge is 2.26. The number of carbonyl (C=O) groups excluding carboxylic acids is 2. The number of nitrogens with one attached hydrogen (secondary N) is 2. The molecule has 4 rings (SSSR count). The van der Waals surface area contributed by atoms with Crippen molar-refractivity contribution < 1.29 is 9.59 Å². The lowest BCUT2D eigenvalue weighted by Gasteiger charge is -2.33. The van der Waals surface area contributed by atoms with Gasteiger partial charge in [0.2, 0.25) is 11.8 Å². The Bertz CT molecular complexity index is 860. The summed E-state index contributed by atoms with van der Waals surface area (Å²) in [4.78, 5) is 27.0. The number of likely N-dealkylation sites (tertiary alicyclic amines) is 1. The summed E-state index contributed by atoms with van der Waals surface area (Å²) >= 11 is 0. The number of hydrogen-bond acceptors (Lipinski definition) is 3. The van der Waals surface area contributed by atoms with Gasteiger partial charge in [-0.05, 0) is 60.9 Å². The molecule has 5 heteroatoms. The van der Waals surface area contributed by atoms with Crippen LogP contribution in [-0.2, 0) is 16.0 Å². The largest absolute Gasteiger partial charge is 0.354 e. The maximum absolute atomic E-state index is 12.8. The summed E-state index contributed by atoms with van der Waals surface area (Å²) in [6, 6.07) is 14.7. The standard InChI is InChI=1S/C24H31N3O2/c28-23(12-10-18-9-11-20-6-1-2-7-21(20)15-18)27-14-4-5-19(17-27)16-26-24(29)22-8-3-13-25-22/h1-2,6-7,9,11,15,19,22,25H,3-5,8,10,12-14,16-17H2,(H,26,29). The van der Waals surface area contributed by atoms with Crippen LogP contribution in [0.1, 0.15) is 37.7 Å². The van der Waals surface area contributed by atoms with E-state index < -0.39 is 0 Å². The molecule has 0 aromatic heterocycles. The van der Waals surface area contributed by atoms with E-state index in [1.54, 1.807) is 0 Å². The Morgan fingerprint density at radius 2 is 1.93 bits per heavy atom. The summed E-state index contributed by atoms with van der Waals surface area (Å²) in [5.41, 5.74) is 1.21. The molecule has 154 valence electrons. The maximum atomic E-state index is 12.8. The molecule has 0 spiro atoms. The van der Waals surface area contributed by atoms with Crippen molar-refractivity contribution in [2.45, 2.75) is 44.6 Å². The number of aryl methyl sites for hydroxylation is 1. The van der Waals surface area contributed by atoms with Crippen LogP contribution in [0.5, 0.6) is 0 Å². The van der Waals surface area contributed by atoms with E-state index >= 15 is 0 Å². The average molecular weight is 394 g/mol. The second kappa shape index (κ2) is 9.40.